The Balaban J connectivity index is 2.63. The van der Waals surface area contributed by atoms with Crippen LogP contribution in [-0.2, 0) is 0 Å². The molecule has 1 unspecified atom stereocenters. The van der Waals surface area contributed by atoms with Crippen molar-refractivity contribution in [2.24, 2.45) is 52.0 Å². The normalized spacial score (nSPS) is 35.7. The van der Waals surface area contributed by atoms with Crippen LogP contribution in [0.2, 0.25) is 0 Å². The number of hydrogen-bond acceptors (Lipinski definition) is 13. The van der Waals surface area contributed by atoms with Crippen molar-refractivity contribution in [1.82, 2.24) is 20.0 Å². The molecular formula is C5H19N13. The zero-order valence-electron chi connectivity index (χ0n) is 9.56. The van der Waals surface area contributed by atoms with E-state index in [1.165, 1.54) is 6.20 Å². The predicted molar refractivity (Wildman–Crippen MR) is 61.3 cm³/mol. The third kappa shape index (κ3) is 1.20. The summed E-state index contributed by atoms with van der Waals surface area (Å²) in [7, 11) is 0. The lowest BCUT2D eigenvalue weighted by Crippen LogP contribution is -2.88. The molecule has 0 amide bonds. The number of fused-ring (bicyclic) bond motifs is 1. The molecule has 104 valence electrons. The molecule has 0 radical (unpaired) electrons. The average molecular weight is 261 g/mol. The van der Waals surface area contributed by atoms with E-state index in [4.69, 9.17) is 52.0 Å². The summed E-state index contributed by atoms with van der Waals surface area (Å²) in [6, 6.07) is 0. The monoisotopic (exact) mass is 261 g/mol. The molecule has 0 saturated carbocycles. The van der Waals surface area contributed by atoms with Gasteiger partial charge in [-0.05, 0) is 0 Å². The van der Waals surface area contributed by atoms with Gasteiger partial charge >= 0.3 is 0 Å². The van der Waals surface area contributed by atoms with Crippen LogP contribution in [0.3, 0.4) is 0 Å². The number of nitrogens with two attached hydrogens (primary N) is 9. The van der Waals surface area contributed by atoms with Gasteiger partial charge in [-0.3, -0.25) is 50.4 Å². The van der Waals surface area contributed by atoms with Crippen molar-refractivity contribution in [1.29, 1.82) is 0 Å². The fraction of sp³-hybridized carbons (Fsp3) is 0.600. The molecule has 1 saturated heterocycles. The van der Waals surface area contributed by atoms with Crippen molar-refractivity contribution in [3.63, 3.8) is 0 Å². The highest BCUT2D eigenvalue weighted by molar-refractivity contribution is 5.26. The quantitative estimate of drug-likeness (QED) is 0.145. The van der Waals surface area contributed by atoms with E-state index in [1.807, 2.05) is 0 Å². The fourth-order valence-corrected chi connectivity index (χ4v) is 1.91. The Hall–Kier alpha value is -1.10. The van der Waals surface area contributed by atoms with Crippen molar-refractivity contribution in [3.8, 4) is 0 Å². The van der Waals surface area contributed by atoms with Crippen LogP contribution in [0.1, 0.15) is 0 Å². The van der Waals surface area contributed by atoms with E-state index >= 15 is 0 Å². The molecule has 1 atom stereocenters. The number of nitrogens with zero attached hydrogens (tertiary/aromatic N) is 4. The highest BCUT2D eigenvalue weighted by atomic mass is 15.9. The second-order valence-electron chi connectivity index (χ2n) is 4.32. The topological polar surface area (TPSA) is 247 Å². The van der Waals surface area contributed by atoms with E-state index in [1.54, 1.807) is 0 Å². The fourth-order valence-electron chi connectivity index (χ4n) is 1.91. The summed E-state index contributed by atoms with van der Waals surface area (Å²) in [4.78, 5) is 0. The minimum atomic E-state index is -1.81. The van der Waals surface area contributed by atoms with Gasteiger partial charge in [0.15, 0.2) is 0 Å². The lowest BCUT2D eigenvalue weighted by molar-refractivity contribution is -0.165. The van der Waals surface area contributed by atoms with Crippen molar-refractivity contribution < 1.29 is 0 Å². The smallest absolute Gasteiger partial charge is 0.232 e. The summed E-state index contributed by atoms with van der Waals surface area (Å²) in [5.41, 5.74) is 29.1. The van der Waals surface area contributed by atoms with Crippen LogP contribution in [0.25, 0.3) is 0 Å². The SMILES string of the molecule is NN1C=C2N(N)C(N)(N)N(N)C2(N)N(N)C1(N)N. The van der Waals surface area contributed by atoms with Gasteiger partial charge in [-0.1, -0.05) is 0 Å². The summed E-state index contributed by atoms with van der Waals surface area (Å²) in [5, 5.41) is 3.45. The summed E-state index contributed by atoms with van der Waals surface area (Å²) in [5.74, 6) is 17.6. The van der Waals surface area contributed by atoms with E-state index in [2.05, 4.69) is 0 Å². The second-order valence-corrected chi connectivity index (χ2v) is 4.32. The lowest BCUT2D eigenvalue weighted by Gasteiger charge is -2.52. The van der Waals surface area contributed by atoms with Crippen LogP contribution in [0.15, 0.2) is 11.9 Å². The van der Waals surface area contributed by atoms with E-state index in [0.717, 1.165) is 20.0 Å². The van der Waals surface area contributed by atoms with E-state index in [-0.39, 0.29) is 5.70 Å². The van der Waals surface area contributed by atoms with Gasteiger partial charge in [0.05, 0.1) is 0 Å². The third-order valence-electron chi connectivity index (χ3n) is 3.20. The number of hydrogen-bond donors (Lipinski definition) is 9. The molecule has 0 spiro atoms. The maximum Gasteiger partial charge on any atom is 0.232 e. The Morgan fingerprint density at radius 1 is 0.778 bits per heavy atom. The molecular weight excluding hydrogens is 242 g/mol. The Bertz CT molecular complexity index is 398. The van der Waals surface area contributed by atoms with E-state index < -0.39 is 17.6 Å². The molecule has 18 N–H and O–H groups in total. The molecule has 2 heterocycles. The van der Waals surface area contributed by atoms with Crippen molar-refractivity contribution >= 4 is 0 Å². The Morgan fingerprint density at radius 2 is 1.22 bits per heavy atom. The van der Waals surface area contributed by atoms with Crippen molar-refractivity contribution in [2.75, 3.05) is 0 Å². The standard InChI is InChI=1S/C5H19N13/c6-3-2(16(12)5(9,10)18(3)14)1-15(11)4(7,8)17(3)13/h1H,6-14H2. The van der Waals surface area contributed by atoms with Gasteiger partial charge in [-0.15, -0.1) is 0 Å². The van der Waals surface area contributed by atoms with Crippen LogP contribution in [0, 0.1) is 0 Å². The summed E-state index contributed by atoms with van der Waals surface area (Å²) >= 11 is 0. The van der Waals surface area contributed by atoms with Gasteiger partial charge in [-0.2, -0.15) is 10.0 Å². The molecule has 0 bridgehead atoms. The van der Waals surface area contributed by atoms with Crippen LogP contribution in [0.5, 0.6) is 0 Å². The first-order valence-corrected chi connectivity index (χ1v) is 4.84. The zero-order chi connectivity index (χ0) is 14.1. The molecule has 13 nitrogen and oxygen atoms in total. The molecule has 0 aliphatic carbocycles. The van der Waals surface area contributed by atoms with Gasteiger partial charge in [0.2, 0.25) is 17.6 Å². The van der Waals surface area contributed by atoms with Gasteiger partial charge in [0.1, 0.15) is 5.70 Å². The lowest BCUT2D eigenvalue weighted by atomic mass is 10.2. The molecule has 18 heavy (non-hydrogen) atoms. The molecule has 2 rings (SSSR count). The summed E-state index contributed by atoms with van der Waals surface area (Å²) in [6.45, 7) is 0. The highest BCUT2D eigenvalue weighted by Gasteiger charge is 2.64. The number of hydrazine groups is 4. The zero-order valence-corrected chi connectivity index (χ0v) is 9.56. The van der Waals surface area contributed by atoms with Gasteiger partial charge < -0.3 is 0 Å². The Morgan fingerprint density at radius 3 is 1.72 bits per heavy atom. The van der Waals surface area contributed by atoms with E-state index in [9.17, 15) is 0 Å². The molecule has 13 heteroatoms. The van der Waals surface area contributed by atoms with Crippen molar-refractivity contribution in [2.45, 2.75) is 17.6 Å². The van der Waals surface area contributed by atoms with Gasteiger partial charge in [0, 0.05) is 6.20 Å². The maximum atomic E-state index is 6.06. The van der Waals surface area contributed by atoms with E-state index in [0.29, 0.717) is 0 Å². The average Bonchev–Trinajstić information content (AvgIpc) is 2.40. The Kier molecular flexibility index (Phi) is 2.42. The van der Waals surface area contributed by atoms with Crippen LogP contribution >= 0.6 is 0 Å². The maximum absolute atomic E-state index is 6.06. The first-order valence-electron chi connectivity index (χ1n) is 4.84. The molecule has 0 aromatic heterocycles. The largest absolute Gasteiger partial charge is 0.293 e. The molecule has 0 aromatic rings. The number of rotatable bonds is 0. The van der Waals surface area contributed by atoms with Crippen molar-refractivity contribution in [3.05, 3.63) is 11.9 Å². The molecule has 2 aliphatic rings. The summed E-state index contributed by atoms with van der Waals surface area (Å²) in [6.07, 6.45) is 1.25. The first-order chi connectivity index (χ1) is 7.98. The Labute approximate surface area is 102 Å². The predicted octanol–water partition coefficient (Wildman–Crippen LogP) is -6.77. The first kappa shape index (κ1) is 13.3. The molecule has 0 aromatic carbocycles. The minimum Gasteiger partial charge on any atom is -0.293 e. The van der Waals surface area contributed by atoms with Crippen LogP contribution in [0.4, 0.5) is 0 Å². The third-order valence-corrected chi connectivity index (χ3v) is 3.20. The molecule has 2 aliphatic heterocycles. The molecule has 1 fully saturated rings. The van der Waals surface area contributed by atoms with Gasteiger partial charge in [0.25, 0.3) is 0 Å². The highest BCUT2D eigenvalue weighted by Crippen LogP contribution is 2.37. The van der Waals surface area contributed by atoms with Crippen LogP contribution < -0.4 is 52.0 Å². The van der Waals surface area contributed by atoms with Gasteiger partial charge in [-0.25, -0.2) is 11.7 Å². The minimum absolute atomic E-state index is 0.131. The van der Waals surface area contributed by atoms with Crippen LogP contribution in [-0.4, -0.2) is 37.6 Å². The second kappa shape index (κ2) is 3.26. The summed E-state index contributed by atoms with van der Waals surface area (Å²) < 4.78 is 0.